The highest BCUT2D eigenvalue weighted by atomic mass is 35.5. The van der Waals surface area contributed by atoms with Crippen LogP contribution in [-0.2, 0) is 10.0 Å². The smallest absolute Gasteiger partial charge is 0.268 e. The summed E-state index contributed by atoms with van der Waals surface area (Å²) in [6.07, 6.45) is 3.09. The number of carbonyl (C=O) groups is 2. The number of ketones is 2. The third-order valence-corrected chi connectivity index (χ3v) is 6.56. The summed E-state index contributed by atoms with van der Waals surface area (Å²) in [7, 11) is -4.25. The molecule has 0 radical (unpaired) electrons. The minimum absolute atomic E-state index is 0.114. The lowest BCUT2D eigenvalue weighted by Gasteiger charge is -2.10. The predicted octanol–water partition coefficient (Wildman–Crippen LogP) is 3.51. The number of nitrogens with zero attached hydrogens (tertiary/aromatic N) is 3. The van der Waals surface area contributed by atoms with Crippen molar-refractivity contribution in [2.24, 2.45) is 0 Å². The number of nitrogens with one attached hydrogen (secondary N) is 1. The Hall–Kier alpha value is -4.02. The highest BCUT2D eigenvalue weighted by molar-refractivity contribution is 7.90. The number of benzene rings is 2. The van der Waals surface area contributed by atoms with E-state index >= 15 is 0 Å². The molecule has 0 fully saturated rings. The van der Waals surface area contributed by atoms with Gasteiger partial charge in [-0.2, -0.15) is 5.10 Å². The molecule has 2 N–H and O–H groups in total. The molecule has 11 heteroatoms. The van der Waals surface area contributed by atoms with Gasteiger partial charge in [0.2, 0.25) is 11.6 Å². The molecule has 166 valence electrons. The Balaban J connectivity index is 1.83. The summed E-state index contributed by atoms with van der Waals surface area (Å²) in [6.45, 7) is 0. The van der Waals surface area contributed by atoms with Crippen LogP contribution in [-0.4, -0.2) is 44.2 Å². The number of aromatic amines is 1. The lowest BCUT2D eigenvalue weighted by atomic mass is 10.1. The molecule has 4 aromatic rings. The molecule has 0 aliphatic heterocycles. The van der Waals surface area contributed by atoms with Crippen LogP contribution in [0.4, 0.5) is 0 Å². The Labute approximate surface area is 193 Å². The maximum atomic E-state index is 13.3. The molecule has 0 aliphatic rings. The molecule has 0 unspecified atom stereocenters. The van der Waals surface area contributed by atoms with Gasteiger partial charge in [-0.3, -0.25) is 14.7 Å². The van der Waals surface area contributed by atoms with Crippen molar-refractivity contribution in [1.82, 2.24) is 19.2 Å². The summed E-state index contributed by atoms with van der Waals surface area (Å²) in [4.78, 5) is 29.5. The molecule has 2 aromatic carbocycles. The monoisotopic (exact) mass is 482 g/mol. The molecule has 0 spiro atoms. The van der Waals surface area contributed by atoms with Crippen molar-refractivity contribution in [2.75, 3.05) is 0 Å². The zero-order chi connectivity index (χ0) is 23.6. The number of rotatable bonds is 7. The van der Waals surface area contributed by atoms with E-state index in [4.69, 9.17) is 11.6 Å². The Bertz CT molecular complexity index is 1460. The normalized spacial score (nSPS) is 12.0. The van der Waals surface area contributed by atoms with Crippen molar-refractivity contribution in [1.29, 1.82) is 0 Å². The Morgan fingerprint density at radius 3 is 2.36 bits per heavy atom. The van der Waals surface area contributed by atoms with E-state index in [0.717, 1.165) is 22.3 Å². The summed E-state index contributed by atoms with van der Waals surface area (Å²) >= 11 is 5.86. The first-order valence-corrected chi connectivity index (χ1v) is 11.2. The molecular formula is C22H15ClN4O5S. The number of hydrogen-bond acceptors (Lipinski definition) is 7. The van der Waals surface area contributed by atoms with Crippen LogP contribution in [0, 0.1) is 0 Å². The second kappa shape index (κ2) is 8.85. The number of halogens is 1. The van der Waals surface area contributed by atoms with Gasteiger partial charge in [-0.15, -0.1) is 0 Å². The van der Waals surface area contributed by atoms with Crippen LogP contribution in [0.3, 0.4) is 0 Å². The first-order valence-electron chi connectivity index (χ1n) is 9.42. The van der Waals surface area contributed by atoms with Gasteiger partial charge in [-0.25, -0.2) is 17.4 Å². The summed E-state index contributed by atoms with van der Waals surface area (Å²) in [6, 6.07) is 14.6. The highest BCUT2D eigenvalue weighted by Gasteiger charge is 2.27. The lowest BCUT2D eigenvalue weighted by Crippen LogP contribution is -2.18. The third-order valence-electron chi connectivity index (χ3n) is 4.62. The minimum atomic E-state index is -4.25. The molecule has 4 rings (SSSR count). The number of H-pyrrole nitrogens is 1. The van der Waals surface area contributed by atoms with E-state index in [1.165, 1.54) is 42.7 Å². The molecule has 0 saturated heterocycles. The molecular weight excluding hydrogens is 468 g/mol. The molecule has 9 nitrogen and oxygen atoms in total. The average molecular weight is 483 g/mol. The molecule has 2 aromatic heterocycles. The van der Waals surface area contributed by atoms with Crippen LogP contribution < -0.4 is 0 Å². The SMILES string of the molecule is O=C(C=C(O)c1nc[nH]n1)c1cc(C(=O)c2ccccc2)n(S(=O)(=O)c2ccc(Cl)cc2)c1. The fraction of sp³-hybridized carbons (Fsp3) is 0. The maximum Gasteiger partial charge on any atom is 0.268 e. The molecule has 33 heavy (non-hydrogen) atoms. The Morgan fingerprint density at radius 2 is 1.73 bits per heavy atom. The quantitative estimate of drug-likeness (QED) is 0.234. The zero-order valence-electron chi connectivity index (χ0n) is 16.7. The van der Waals surface area contributed by atoms with Gasteiger partial charge in [-0.1, -0.05) is 41.9 Å². The van der Waals surface area contributed by atoms with Crippen molar-refractivity contribution >= 4 is 38.9 Å². The van der Waals surface area contributed by atoms with E-state index in [1.807, 2.05) is 0 Å². The summed E-state index contributed by atoms with van der Waals surface area (Å²) in [5.41, 5.74) is -0.138. The lowest BCUT2D eigenvalue weighted by molar-refractivity contribution is 0.103. The fourth-order valence-corrected chi connectivity index (χ4v) is 4.49. The van der Waals surface area contributed by atoms with E-state index in [2.05, 4.69) is 15.2 Å². The fourth-order valence-electron chi connectivity index (χ4n) is 3.01. The molecule has 0 bridgehead atoms. The van der Waals surface area contributed by atoms with Crippen LogP contribution in [0.5, 0.6) is 0 Å². The summed E-state index contributed by atoms with van der Waals surface area (Å²) in [5, 5.41) is 16.5. The van der Waals surface area contributed by atoms with Crippen molar-refractivity contribution in [3.8, 4) is 0 Å². The van der Waals surface area contributed by atoms with Crippen LogP contribution in [0.2, 0.25) is 5.02 Å². The van der Waals surface area contributed by atoms with Crippen LogP contribution in [0.1, 0.15) is 32.2 Å². The van der Waals surface area contributed by atoms with Gasteiger partial charge in [-0.05, 0) is 30.3 Å². The van der Waals surface area contributed by atoms with E-state index < -0.39 is 27.3 Å². The summed E-state index contributed by atoms with van der Waals surface area (Å²) in [5.74, 6) is -1.98. The topological polar surface area (TPSA) is 135 Å². The summed E-state index contributed by atoms with van der Waals surface area (Å²) < 4.78 is 27.4. The third kappa shape index (κ3) is 4.47. The Morgan fingerprint density at radius 1 is 1.03 bits per heavy atom. The second-order valence-electron chi connectivity index (χ2n) is 6.78. The van der Waals surface area contributed by atoms with Crippen LogP contribution >= 0.6 is 11.6 Å². The number of aromatic nitrogens is 4. The first-order chi connectivity index (χ1) is 15.8. The van der Waals surface area contributed by atoms with Crippen molar-refractivity contribution in [3.63, 3.8) is 0 Å². The molecule has 0 saturated carbocycles. The number of carbonyl (C=O) groups excluding carboxylic acids is 2. The highest BCUT2D eigenvalue weighted by Crippen LogP contribution is 2.23. The van der Waals surface area contributed by atoms with Gasteiger partial charge >= 0.3 is 0 Å². The van der Waals surface area contributed by atoms with Crippen molar-refractivity contribution in [2.45, 2.75) is 4.90 Å². The van der Waals surface area contributed by atoms with Crippen LogP contribution in [0.25, 0.3) is 5.76 Å². The van der Waals surface area contributed by atoms with Gasteiger partial charge in [0.05, 0.1) is 4.90 Å². The zero-order valence-corrected chi connectivity index (χ0v) is 18.3. The standard InChI is InChI=1S/C22H15ClN4O5S/c23-16-6-8-17(9-7-16)33(31,32)27-12-15(19(28)11-20(29)22-24-13-25-26-22)10-18(27)21(30)14-4-2-1-3-5-14/h1-13,29H,(H,24,25,26). The number of aliphatic hydroxyl groups excluding tert-OH is 1. The van der Waals surface area contributed by atoms with Gasteiger partial charge in [0.15, 0.2) is 11.5 Å². The largest absolute Gasteiger partial charge is 0.504 e. The molecule has 2 heterocycles. The number of aliphatic hydroxyl groups is 1. The van der Waals surface area contributed by atoms with E-state index in [0.29, 0.717) is 5.02 Å². The molecule has 0 amide bonds. The maximum absolute atomic E-state index is 13.3. The van der Waals surface area contributed by atoms with Gasteiger partial charge in [0.1, 0.15) is 12.0 Å². The number of hydrogen-bond donors (Lipinski definition) is 2. The van der Waals surface area contributed by atoms with E-state index in [-0.39, 0.29) is 27.5 Å². The number of allylic oxidation sites excluding steroid dienone is 1. The van der Waals surface area contributed by atoms with Crippen molar-refractivity contribution in [3.05, 3.63) is 107 Å². The van der Waals surface area contributed by atoms with Crippen LogP contribution in [0.15, 0.2) is 84.2 Å². The first kappa shape index (κ1) is 22.2. The van der Waals surface area contributed by atoms with E-state index in [1.54, 1.807) is 18.2 Å². The second-order valence-corrected chi connectivity index (χ2v) is 9.03. The van der Waals surface area contributed by atoms with Crippen molar-refractivity contribution < 1.29 is 23.1 Å². The van der Waals surface area contributed by atoms with Gasteiger partial charge < -0.3 is 5.11 Å². The van der Waals surface area contributed by atoms with Gasteiger partial charge in [0, 0.05) is 28.4 Å². The Kier molecular flexibility index (Phi) is 5.95. The van der Waals surface area contributed by atoms with Gasteiger partial charge in [0.25, 0.3) is 10.0 Å². The minimum Gasteiger partial charge on any atom is -0.504 e. The predicted molar refractivity (Wildman–Crippen MR) is 120 cm³/mol. The molecule has 0 aliphatic carbocycles. The average Bonchev–Trinajstić information content (AvgIpc) is 3.50. The van der Waals surface area contributed by atoms with E-state index in [9.17, 15) is 23.1 Å². The molecule has 0 atom stereocenters.